The molecule has 1 spiro atoms. The van der Waals surface area contributed by atoms with Crippen LogP contribution in [-0.4, -0.2) is 68.4 Å². The third kappa shape index (κ3) is 3.12. The molecule has 154 valence electrons. The lowest BCUT2D eigenvalue weighted by Gasteiger charge is -2.35. The number of ether oxygens (including phenoxy) is 3. The summed E-state index contributed by atoms with van der Waals surface area (Å²) in [4.78, 5) is 5.30. The van der Waals surface area contributed by atoms with Crippen molar-refractivity contribution in [3.63, 3.8) is 0 Å². The second-order valence-corrected chi connectivity index (χ2v) is 9.21. The Hall–Kier alpha value is -1.30. The van der Waals surface area contributed by atoms with Crippen LogP contribution in [0.4, 0.5) is 0 Å². The first-order valence-electron chi connectivity index (χ1n) is 11.0. The molecule has 2 bridgehead atoms. The average Bonchev–Trinajstić information content (AvgIpc) is 3.38. The Morgan fingerprint density at radius 1 is 1.11 bits per heavy atom. The van der Waals surface area contributed by atoms with Gasteiger partial charge in [-0.3, -0.25) is 4.90 Å². The van der Waals surface area contributed by atoms with Crippen molar-refractivity contribution in [1.82, 2.24) is 9.80 Å². The van der Waals surface area contributed by atoms with Gasteiger partial charge in [-0.1, -0.05) is 18.6 Å². The summed E-state index contributed by atoms with van der Waals surface area (Å²) in [5, 5.41) is 0. The highest BCUT2D eigenvalue weighted by molar-refractivity contribution is 5.46. The van der Waals surface area contributed by atoms with E-state index in [1.807, 2.05) is 6.07 Å². The first-order chi connectivity index (χ1) is 13.7. The zero-order chi connectivity index (χ0) is 19.1. The van der Waals surface area contributed by atoms with E-state index in [4.69, 9.17) is 14.2 Å². The minimum Gasteiger partial charge on any atom is -0.493 e. The van der Waals surface area contributed by atoms with Gasteiger partial charge in [-0.05, 0) is 44.8 Å². The fourth-order valence-electron chi connectivity index (χ4n) is 6.41. The number of piperidine rings is 1. The molecule has 4 atom stereocenters. The van der Waals surface area contributed by atoms with E-state index in [0.717, 1.165) is 31.1 Å². The molecule has 0 unspecified atom stereocenters. The van der Waals surface area contributed by atoms with Gasteiger partial charge in [0.25, 0.3) is 0 Å². The topological polar surface area (TPSA) is 34.2 Å². The van der Waals surface area contributed by atoms with Crippen molar-refractivity contribution < 1.29 is 14.2 Å². The minimum absolute atomic E-state index is 0.108. The number of rotatable bonds is 6. The van der Waals surface area contributed by atoms with Gasteiger partial charge in [-0.15, -0.1) is 0 Å². The van der Waals surface area contributed by atoms with Gasteiger partial charge >= 0.3 is 0 Å². The van der Waals surface area contributed by atoms with E-state index in [2.05, 4.69) is 21.9 Å². The zero-order valence-corrected chi connectivity index (χ0v) is 17.4. The highest BCUT2D eigenvalue weighted by Crippen LogP contribution is 2.55. The lowest BCUT2D eigenvalue weighted by atomic mass is 9.73. The molecule has 1 aromatic carbocycles. The summed E-state index contributed by atoms with van der Waals surface area (Å²) >= 11 is 0. The number of hydrogen-bond acceptors (Lipinski definition) is 5. The lowest BCUT2D eigenvalue weighted by Crippen LogP contribution is -2.43. The summed E-state index contributed by atoms with van der Waals surface area (Å²) in [6, 6.07) is 6.20. The SMILES string of the molecule is COc1cccc(CN2C[C@@H]3[C@H](CN4CCCCC4)[C@H]4CC[C@]3(C2)O4)c1OC. The van der Waals surface area contributed by atoms with E-state index >= 15 is 0 Å². The molecule has 0 aliphatic carbocycles. The van der Waals surface area contributed by atoms with Crippen LogP contribution in [0.5, 0.6) is 11.5 Å². The summed E-state index contributed by atoms with van der Waals surface area (Å²) < 4.78 is 17.8. The van der Waals surface area contributed by atoms with Crippen molar-refractivity contribution in [2.24, 2.45) is 11.8 Å². The molecule has 1 aromatic rings. The molecule has 0 N–H and O–H groups in total. The number of fused-ring (bicyclic) bond motifs is 1. The predicted molar refractivity (Wildman–Crippen MR) is 109 cm³/mol. The quantitative estimate of drug-likeness (QED) is 0.750. The Morgan fingerprint density at radius 3 is 2.75 bits per heavy atom. The Labute approximate surface area is 168 Å². The van der Waals surface area contributed by atoms with Crippen LogP contribution in [-0.2, 0) is 11.3 Å². The molecule has 4 heterocycles. The Bertz CT molecular complexity index is 705. The molecule has 5 nitrogen and oxygen atoms in total. The molecule has 4 aliphatic rings. The molecular formula is C23H34N2O3. The minimum atomic E-state index is 0.108. The van der Waals surface area contributed by atoms with E-state index in [-0.39, 0.29) is 5.60 Å². The predicted octanol–water partition coefficient (Wildman–Crippen LogP) is 3.17. The highest BCUT2D eigenvalue weighted by Gasteiger charge is 2.62. The van der Waals surface area contributed by atoms with Crippen molar-refractivity contribution in [2.75, 3.05) is 46.9 Å². The van der Waals surface area contributed by atoms with Crippen LogP contribution in [0.2, 0.25) is 0 Å². The summed E-state index contributed by atoms with van der Waals surface area (Å²) in [6.07, 6.45) is 7.15. The second-order valence-electron chi connectivity index (χ2n) is 9.21. The number of nitrogens with zero attached hydrogens (tertiary/aromatic N) is 2. The number of likely N-dealkylation sites (tertiary alicyclic amines) is 2. The van der Waals surface area contributed by atoms with Crippen LogP contribution in [0, 0.1) is 11.8 Å². The van der Waals surface area contributed by atoms with Crippen molar-refractivity contribution >= 4 is 0 Å². The fraction of sp³-hybridized carbons (Fsp3) is 0.739. The third-order valence-electron chi connectivity index (χ3n) is 7.65. The van der Waals surface area contributed by atoms with E-state index in [9.17, 15) is 0 Å². The molecule has 4 aliphatic heterocycles. The van der Waals surface area contributed by atoms with E-state index in [1.165, 1.54) is 57.3 Å². The normalized spacial score (nSPS) is 35.3. The first kappa shape index (κ1) is 18.7. The second kappa shape index (κ2) is 7.51. The summed E-state index contributed by atoms with van der Waals surface area (Å²) in [5.74, 6) is 3.08. The third-order valence-corrected chi connectivity index (χ3v) is 7.65. The van der Waals surface area contributed by atoms with Gasteiger partial charge in [0.1, 0.15) is 0 Å². The Morgan fingerprint density at radius 2 is 1.96 bits per heavy atom. The molecule has 0 aromatic heterocycles. The molecule has 4 saturated heterocycles. The van der Waals surface area contributed by atoms with Crippen molar-refractivity contribution in [2.45, 2.75) is 50.4 Å². The molecule has 0 amide bonds. The fourth-order valence-corrected chi connectivity index (χ4v) is 6.41. The van der Waals surface area contributed by atoms with Gasteiger partial charge < -0.3 is 19.1 Å². The molecule has 0 saturated carbocycles. The molecule has 4 fully saturated rings. The van der Waals surface area contributed by atoms with Gasteiger partial charge in [0.15, 0.2) is 11.5 Å². The van der Waals surface area contributed by atoms with Gasteiger partial charge in [0, 0.05) is 43.6 Å². The van der Waals surface area contributed by atoms with E-state index in [1.54, 1.807) is 14.2 Å². The Kier molecular flexibility index (Phi) is 5.02. The van der Waals surface area contributed by atoms with Crippen molar-refractivity contribution in [1.29, 1.82) is 0 Å². The maximum Gasteiger partial charge on any atom is 0.165 e. The lowest BCUT2D eigenvalue weighted by molar-refractivity contribution is 0.000809. The summed E-state index contributed by atoms with van der Waals surface area (Å²) in [5.41, 5.74) is 1.32. The van der Waals surface area contributed by atoms with E-state index < -0.39 is 0 Å². The molecule has 0 radical (unpaired) electrons. The summed E-state index contributed by atoms with van der Waals surface area (Å²) in [6.45, 7) is 6.93. The maximum absolute atomic E-state index is 6.68. The average molecular weight is 387 g/mol. The van der Waals surface area contributed by atoms with Crippen molar-refractivity contribution in [3.8, 4) is 11.5 Å². The first-order valence-corrected chi connectivity index (χ1v) is 11.0. The van der Waals surface area contributed by atoms with Crippen LogP contribution in [0.15, 0.2) is 18.2 Å². The summed E-state index contributed by atoms with van der Waals surface area (Å²) in [7, 11) is 3.44. The largest absolute Gasteiger partial charge is 0.493 e. The monoisotopic (exact) mass is 386 g/mol. The van der Waals surface area contributed by atoms with Gasteiger partial charge in [-0.25, -0.2) is 0 Å². The zero-order valence-electron chi connectivity index (χ0n) is 17.4. The van der Waals surface area contributed by atoms with Gasteiger partial charge in [-0.2, -0.15) is 0 Å². The molecule has 5 rings (SSSR count). The maximum atomic E-state index is 6.68. The number of para-hydroxylation sites is 1. The van der Waals surface area contributed by atoms with Gasteiger partial charge in [0.05, 0.1) is 25.9 Å². The molecular weight excluding hydrogens is 352 g/mol. The van der Waals surface area contributed by atoms with Crippen LogP contribution >= 0.6 is 0 Å². The van der Waals surface area contributed by atoms with Crippen LogP contribution in [0.1, 0.15) is 37.7 Å². The van der Waals surface area contributed by atoms with Gasteiger partial charge in [0.2, 0.25) is 0 Å². The van der Waals surface area contributed by atoms with Crippen LogP contribution in [0.3, 0.4) is 0 Å². The number of benzene rings is 1. The standard InChI is InChI=1S/C23H34N2O3/c1-26-21-8-6-7-17(22(21)27-2)13-25-15-19-18(14-24-11-4-3-5-12-24)20-9-10-23(19,16-25)28-20/h6-8,18-20H,3-5,9-16H2,1-2H3/t18-,19+,20+,23+/m0/s1. The van der Waals surface area contributed by atoms with Crippen molar-refractivity contribution in [3.05, 3.63) is 23.8 Å². The highest BCUT2D eigenvalue weighted by atomic mass is 16.5. The number of methoxy groups -OCH3 is 2. The Balaban J connectivity index is 1.30. The number of hydrogen-bond donors (Lipinski definition) is 0. The van der Waals surface area contributed by atoms with Crippen LogP contribution in [0.25, 0.3) is 0 Å². The van der Waals surface area contributed by atoms with Crippen LogP contribution < -0.4 is 9.47 Å². The molecule has 5 heteroatoms. The molecule has 28 heavy (non-hydrogen) atoms. The van der Waals surface area contributed by atoms with E-state index in [0.29, 0.717) is 17.9 Å². The smallest absolute Gasteiger partial charge is 0.165 e.